The lowest BCUT2D eigenvalue weighted by atomic mass is 10.3. The van der Waals surface area contributed by atoms with Gasteiger partial charge in [0.05, 0.1) is 23.2 Å². The predicted octanol–water partition coefficient (Wildman–Crippen LogP) is 3.95. The first kappa shape index (κ1) is 19.4. The third kappa shape index (κ3) is 4.86. The Morgan fingerprint density at radius 1 is 1.11 bits per heavy atom. The average molecular weight is 391 g/mol. The summed E-state index contributed by atoms with van der Waals surface area (Å²) in [6, 6.07) is 12.3. The second-order valence-electron chi connectivity index (χ2n) is 6.56. The first-order valence-corrected chi connectivity index (χ1v) is 10.5. The highest BCUT2D eigenvalue weighted by molar-refractivity contribution is 7.92. The van der Waals surface area contributed by atoms with Crippen molar-refractivity contribution in [3.05, 3.63) is 54.3 Å². The van der Waals surface area contributed by atoms with E-state index in [1.807, 2.05) is 0 Å². The average Bonchev–Trinajstić information content (AvgIpc) is 3.19. The van der Waals surface area contributed by atoms with Crippen molar-refractivity contribution in [2.24, 2.45) is 0 Å². The van der Waals surface area contributed by atoms with E-state index >= 15 is 0 Å². The third-order valence-electron chi connectivity index (χ3n) is 4.61. The number of ether oxygens (including phenoxy) is 1. The van der Waals surface area contributed by atoms with Gasteiger partial charge >= 0.3 is 0 Å². The zero-order chi connectivity index (χ0) is 19.3. The van der Waals surface area contributed by atoms with Crippen molar-refractivity contribution in [2.75, 3.05) is 11.9 Å². The number of para-hydroxylation sites is 1. The fraction of sp³-hybridized carbons (Fsp3) is 0.350. The Morgan fingerprint density at radius 3 is 2.59 bits per heavy atom. The van der Waals surface area contributed by atoms with E-state index in [4.69, 9.17) is 4.74 Å². The Morgan fingerprint density at radius 2 is 1.85 bits per heavy atom. The summed E-state index contributed by atoms with van der Waals surface area (Å²) in [5.41, 5.74) is 0.421. The Labute approximate surface area is 158 Å². The number of carbonyl (C=O) groups excluding carboxylic acids is 1. The minimum atomic E-state index is -3.37. The van der Waals surface area contributed by atoms with E-state index < -0.39 is 15.7 Å². The van der Waals surface area contributed by atoms with Gasteiger partial charge in [0, 0.05) is 5.69 Å². The Hall–Kier alpha value is -2.41. The lowest BCUT2D eigenvalue weighted by molar-refractivity contribution is -0.116. The molecule has 27 heavy (non-hydrogen) atoms. The number of sulfone groups is 1. The molecule has 1 saturated carbocycles. The third-order valence-corrected chi connectivity index (χ3v) is 6.87. The van der Waals surface area contributed by atoms with Crippen LogP contribution in [0.1, 0.15) is 32.1 Å². The minimum Gasteiger partial charge on any atom is -0.490 e. The molecule has 0 aliphatic heterocycles. The van der Waals surface area contributed by atoms with Crippen LogP contribution in [-0.4, -0.2) is 26.2 Å². The standard InChI is InChI=1S/C20H22FNO4S/c21-18-10-3-4-11-19(18)26-13-12-20(23)22-15-6-5-9-17(14-15)27(24,25)16-7-1-2-8-16/h3-6,9-11,14,16H,1-2,7-8,12-13H2,(H,22,23). The van der Waals surface area contributed by atoms with Crippen LogP contribution in [0.25, 0.3) is 0 Å². The monoisotopic (exact) mass is 391 g/mol. The lowest BCUT2D eigenvalue weighted by Gasteiger charge is -2.13. The van der Waals surface area contributed by atoms with Crippen LogP contribution in [0.15, 0.2) is 53.4 Å². The first-order chi connectivity index (χ1) is 13.0. The molecule has 0 atom stereocenters. The molecule has 2 aromatic carbocycles. The fourth-order valence-corrected chi connectivity index (χ4v) is 5.08. The van der Waals surface area contributed by atoms with Crippen molar-refractivity contribution >= 4 is 21.4 Å². The SMILES string of the molecule is O=C(CCOc1ccccc1F)Nc1cccc(S(=O)(=O)C2CCCC2)c1. The van der Waals surface area contributed by atoms with Crippen LogP contribution < -0.4 is 10.1 Å². The van der Waals surface area contributed by atoms with E-state index in [-0.39, 0.29) is 34.8 Å². The quantitative estimate of drug-likeness (QED) is 0.776. The summed E-state index contributed by atoms with van der Waals surface area (Å²) in [5, 5.41) is 2.33. The molecular formula is C20H22FNO4S. The molecule has 3 rings (SSSR count). The number of anilines is 1. The summed E-state index contributed by atoms with van der Waals surface area (Å²) in [4.78, 5) is 12.3. The van der Waals surface area contributed by atoms with Gasteiger partial charge < -0.3 is 10.1 Å². The van der Waals surface area contributed by atoms with Gasteiger partial charge in [-0.3, -0.25) is 4.79 Å². The molecule has 1 N–H and O–H groups in total. The second kappa shape index (κ2) is 8.52. The van der Waals surface area contributed by atoms with Crippen molar-refractivity contribution in [1.82, 2.24) is 0 Å². The van der Waals surface area contributed by atoms with E-state index in [1.165, 1.54) is 18.2 Å². The number of carbonyl (C=O) groups is 1. The fourth-order valence-electron chi connectivity index (χ4n) is 3.18. The molecule has 0 bridgehead atoms. The van der Waals surface area contributed by atoms with E-state index in [1.54, 1.807) is 30.3 Å². The van der Waals surface area contributed by atoms with Gasteiger partial charge in [-0.2, -0.15) is 0 Å². The van der Waals surface area contributed by atoms with Gasteiger partial charge in [0.15, 0.2) is 21.4 Å². The van der Waals surface area contributed by atoms with Gasteiger partial charge in [-0.25, -0.2) is 12.8 Å². The number of amides is 1. The highest BCUT2D eigenvalue weighted by Crippen LogP contribution is 2.30. The number of halogens is 1. The number of nitrogens with one attached hydrogen (secondary N) is 1. The van der Waals surface area contributed by atoms with E-state index in [2.05, 4.69) is 5.32 Å². The van der Waals surface area contributed by atoms with Crippen molar-refractivity contribution < 1.29 is 22.3 Å². The lowest BCUT2D eigenvalue weighted by Crippen LogP contribution is -2.19. The van der Waals surface area contributed by atoms with Crippen molar-refractivity contribution in [2.45, 2.75) is 42.2 Å². The van der Waals surface area contributed by atoms with Gasteiger partial charge in [0.1, 0.15) is 0 Å². The second-order valence-corrected chi connectivity index (χ2v) is 8.78. The molecule has 0 spiro atoms. The smallest absolute Gasteiger partial charge is 0.227 e. The summed E-state index contributed by atoms with van der Waals surface area (Å²) < 4.78 is 44.1. The number of rotatable bonds is 7. The van der Waals surface area contributed by atoms with Gasteiger partial charge in [-0.05, 0) is 43.2 Å². The van der Waals surface area contributed by atoms with Gasteiger partial charge in [0.2, 0.25) is 5.91 Å². The molecular weight excluding hydrogens is 369 g/mol. The van der Waals surface area contributed by atoms with Crippen LogP contribution in [0.4, 0.5) is 10.1 Å². The van der Waals surface area contributed by atoms with Crippen molar-refractivity contribution in [3.8, 4) is 5.75 Å². The molecule has 0 aromatic heterocycles. The van der Waals surface area contributed by atoms with Crippen molar-refractivity contribution in [3.63, 3.8) is 0 Å². The Balaban J connectivity index is 1.57. The molecule has 2 aromatic rings. The maximum Gasteiger partial charge on any atom is 0.227 e. The van der Waals surface area contributed by atoms with Gasteiger partial charge in [-0.1, -0.05) is 31.0 Å². The molecule has 0 radical (unpaired) electrons. The molecule has 5 nitrogen and oxygen atoms in total. The molecule has 0 heterocycles. The topological polar surface area (TPSA) is 72.5 Å². The molecule has 1 amide bonds. The number of hydrogen-bond donors (Lipinski definition) is 1. The summed E-state index contributed by atoms with van der Waals surface area (Å²) in [6.45, 7) is 0.0207. The maximum atomic E-state index is 13.5. The van der Waals surface area contributed by atoms with Crippen molar-refractivity contribution in [1.29, 1.82) is 0 Å². The Bertz CT molecular complexity index is 908. The predicted molar refractivity (Wildman–Crippen MR) is 101 cm³/mol. The van der Waals surface area contributed by atoms with Gasteiger partial charge in [-0.15, -0.1) is 0 Å². The zero-order valence-electron chi connectivity index (χ0n) is 14.9. The number of hydrogen-bond acceptors (Lipinski definition) is 4. The van der Waals surface area contributed by atoms with Crippen LogP contribution in [0, 0.1) is 5.82 Å². The molecule has 144 valence electrons. The summed E-state index contributed by atoms with van der Waals surface area (Å²) in [5.74, 6) is -0.723. The van der Waals surface area contributed by atoms with Crippen LogP contribution in [0.5, 0.6) is 5.75 Å². The normalized spacial score (nSPS) is 14.9. The van der Waals surface area contributed by atoms with E-state index in [0.717, 1.165) is 12.8 Å². The maximum absolute atomic E-state index is 13.5. The van der Waals surface area contributed by atoms with Crippen LogP contribution in [0.2, 0.25) is 0 Å². The highest BCUT2D eigenvalue weighted by Gasteiger charge is 2.30. The van der Waals surface area contributed by atoms with Crippen LogP contribution in [0.3, 0.4) is 0 Å². The summed E-state index contributed by atoms with van der Waals surface area (Å²) >= 11 is 0. The van der Waals surface area contributed by atoms with Crippen LogP contribution in [-0.2, 0) is 14.6 Å². The molecule has 1 aliphatic rings. The van der Waals surface area contributed by atoms with E-state index in [9.17, 15) is 17.6 Å². The van der Waals surface area contributed by atoms with E-state index in [0.29, 0.717) is 18.5 Å². The summed E-state index contributed by atoms with van der Waals surface area (Å²) in [6.07, 6.45) is 3.26. The molecule has 0 unspecified atom stereocenters. The van der Waals surface area contributed by atoms with Gasteiger partial charge in [0.25, 0.3) is 0 Å². The molecule has 7 heteroatoms. The minimum absolute atomic E-state index is 0.0207. The first-order valence-electron chi connectivity index (χ1n) is 8.98. The highest BCUT2D eigenvalue weighted by atomic mass is 32.2. The molecule has 0 saturated heterocycles. The van der Waals surface area contributed by atoms with Crippen LogP contribution >= 0.6 is 0 Å². The zero-order valence-corrected chi connectivity index (χ0v) is 15.7. The molecule has 1 fully saturated rings. The molecule has 1 aliphatic carbocycles. The Kier molecular flexibility index (Phi) is 6.11. The largest absolute Gasteiger partial charge is 0.490 e. The number of benzene rings is 2. The summed E-state index contributed by atoms with van der Waals surface area (Å²) in [7, 11) is -3.37.